The number of aliphatic carboxylic acids is 1. The van der Waals surface area contributed by atoms with Crippen LogP contribution < -0.4 is 32.3 Å². The summed E-state index contributed by atoms with van der Waals surface area (Å²) in [6.45, 7) is 6.14. The smallest absolute Gasteiger partial charge is 0.326 e. The molecule has 3 aromatic rings. The van der Waals surface area contributed by atoms with E-state index in [0.29, 0.717) is 23.2 Å². The summed E-state index contributed by atoms with van der Waals surface area (Å²) >= 11 is 0. The van der Waals surface area contributed by atoms with Crippen molar-refractivity contribution in [3.05, 3.63) is 77.9 Å². The normalized spacial score (nSPS) is 15.5. The van der Waals surface area contributed by atoms with Crippen molar-refractivity contribution in [2.24, 2.45) is 11.7 Å². The van der Waals surface area contributed by atoms with Gasteiger partial charge >= 0.3 is 5.97 Å². The number of carboxylic acids is 1. The zero-order valence-corrected chi connectivity index (χ0v) is 31.0. The van der Waals surface area contributed by atoms with Crippen molar-refractivity contribution >= 4 is 35.5 Å². The van der Waals surface area contributed by atoms with Crippen LogP contribution in [0.2, 0.25) is 0 Å². The van der Waals surface area contributed by atoms with E-state index in [2.05, 4.69) is 36.6 Å². The van der Waals surface area contributed by atoms with E-state index in [1.807, 2.05) is 0 Å². The lowest BCUT2D eigenvalue weighted by Crippen LogP contribution is -2.60. The van der Waals surface area contributed by atoms with Gasteiger partial charge in [-0.2, -0.15) is 0 Å². The minimum Gasteiger partial charge on any atom is -0.508 e. The van der Waals surface area contributed by atoms with Gasteiger partial charge in [-0.25, -0.2) is 9.78 Å². The number of benzene rings is 2. The summed E-state index contributed by atoms with van der Waals surface area (Å²) in [4.78, 5) is 86.1. The van der Waals surface area contributed by atoms with Gasteiger partial charge in [0.25, 0.3) is 0 Å². The number of phenols is 2. The number of nitrogens with two attached hydrogens (primary N) is 1. The van der Waals surface area contributed by atoms with E-state index in [-0.39, 0.29) is 30.8 Å². The van der Waals surface area contributed by atoms with Crippen molar-refractivity contribution in [3.63, 3.8) is 0 Å². The summed E-state index contributed by atoms with van der Waals surface area (Å²) in [6.07, 6.45) is 1.64. The van der Waals surface area contributed by atoms with E-state index in [1.54, 1.807) is 13.8 Å². The van der Waals surface area contributed by atoms with E-state index < -0.39 is 83.8 Å². The number of H-pyrrole nitrogens is 1. The molecule has 1 heterocycles. The molecule has 0 aliphatic rings. The Kier molecular flexibility index (Phi) is 16.1. The predicted octanol–water partition coefficient (Wildman–Crippen LogP) is -0.868. The van der Waals surface area contributed by atoms with Crippen LogP contribution in [-0.4, -0.2) is 108 Å². The molecule has 5 amide bonds. The van der Waals surface area contributed by atoms with Crippen LogP contribution in [-0.2, 0) is 48.0 Å². The van der Waals surface area contributed by atoms with Crippen molar-refractivity contribution < 1.29 is 49.2 Å². The lowest BCUT2D eigenvalue weighted by atomic mass is 9.96. The van der Waals surface area contributed by atoms with Gasteiger partial charge in [-0.1, -0.05) is 44.5 Å². The maximum absolute atomic E-state index is 14.1. The number of aliphatic hydroxyl groups is 1. The second-order valence-electron chi connectivity index (χ2n) is 13.4. The molecule has 8 atom stereocenters. The first kappa shape index (κ1) is 43.4. The molecule has 55 heavy (non-hydrogen) atoms. The summed E-state index contributed by atoms with van der Waals surface area (Å²) in [6, 6.07) is 3.85. The Bertz CT molecular complexity index is 1750. The molecule has 0 saturated carbocycles. The molecule has 0 aliphatic heterocycles. The number of amides is 5. The molecule has 2 aromatic carbocycles. The number of aromatic nitrogens is 2. The maximum atomic E-state index is 14.1. The first-order valence-corrected chi connectivity index (χ1v) is 17.7. The number of rotatable bonds is 20. The van der Waals surface area contributed by atoms with Gasteiger partial charge in [0.15, 0.2) is 0 Å². The number of nitrogens with zero attached hydrogens (tertiary/aromatic N) is 1. The molecule has 1 aromatic heterocycles. The van der Waals surface area contributed by atoms with Crippen LogP contribution in [0, 0.1) is 5.92 Å². The highest BCUT2D eigenvalue weighted by molar-refractivity contribution is 5.96. The predicted molar refractivity (Wildman–Crippen MR) is 198 cm³/mol. The number of hydrogen-bond donors (Lipinski definition) is 11. The van der Waals surface area contributed by atoms with Gasteiger partial charge in [0, 0.05) is 31.2 Å². The Hall–Kier alpha value is -6.01. The fourth-order valence-electron chi connectivity index (χ4n) is 5.35. The number of imidazole rings is 1. The fraction of sp³-hybridized carbons (Fsp3) is 0.432. The van der Waals surface area contributed by atoms with Crippen molar-refractivity contribution in [1.82, 2.24) is 36.6 Å². The minimum absolute atomic E-state index is 0.0407. The number of aliphatic hydroxyl groups excluding tert-OH is 1. The number of carboxylic acid groups (broad SMARTS) is 1. The number of aromatic hydroxyl groups is 2. The average molecular weight is 767 g/mol. The molecule has 0 saturated heterocycles. The van der Waals surface area contributed by atoms with Gasteiger partial charge in [-0.15, -0.1) is 0 Å². The molecule has 0 spiro atoms. The Morgan fingerprint density at radius 1 is 0.691 bits per heavy atom. The second kappa shape index (κ2) is 20.4. The molecule has 0 fully saturated rings. The van der Waals surface area contributed by atoms with Crippen LogP contribution in [0.1, 0.15) is 50.9 Å². The Labute approximate surface area is 317 Å². The second-order valence-corrected chi connectivity index (χ2v) is 13.4. The standard InChI is InChI=1S/C37H50N8O10/c1-5-19(2)31(36(53)44-29(37(54)55)16-24-17-39-18-40-24)45-34(51)28(15-23-8-12-26(48)13-9-23)43-33(50)27(14-22-6-10-25(47)11-7-22)42-32(49)20(3)41-35(52)30(38)21(4)46/h6-13,17-21,27-31,46-48H,5,14-16,38H2,1-4H3,(H,39,40)(H,41,52)(H,42,49)(H,43,50)(H,44,53)(H,45,51)(H,54,55)/t19-,20-,21+,27-,28-,29-,30-,31-/m0/s1. The molecule has 18 heteroatoms. The van der Waals surface area contributed by atoms with Gasteiger partial charge in [0.1, 0.15) is 47.8 Å². The SMILES string of the molecule is CC[C@H](C)[C@H](NC(=O)[C@H](Cc1ccc(O)cc1)NC(=O)[C@H](Cc1ccc(O)cc1)NC(=O)[C@H](C)NC(=O)[C@@H](N)[C@@H](C)O)C(=O)N[C@@H](Cc1cnc[nH]1)C(=O)O. The van der Waals surface area contributed by atoms with Gasteiger partial charge in [0.05, 0.1) is 12.4 Å². The lowest BCUT2D eigenvalue weighted by Gasteiger charge is -2.29. The third-order valence-electron chi connectivity index (χ3n) is 8.98. The summed E-state index contributed by atoms with van der Waals surface area (Å²) in [7, 11) is 0. The number of carbonyl (C=O) groups is 6. The molecule has 0 radical (unpaired) electrons. The quantitative estimate of drug-likeness (QED) is 0.0669. The summed E-state index contributed by atoms with van der Waals surface area (Å²) in [5.41, 5.74) is 7.18. The topological polar surface area (TPSA) is 298 Å². The summed E-state index contributed by atoms with van der Waals surface area (Å²) < 4.78 is 0. The van der Waals surface area contributed by atoms with Crippen LogP contribution in [0.5, 0.6) is 11.5 Å². The van der Waals surface area contributed by atoms with Crippen LogP contribution >= 0.6 is 0 Å². The molecule has 0 bridgehead atoms. The zero-order chi connectivity index (χ0) is 40.8. The monoisotopic (exact) mass is 766 g/mol. The van der Waals surface area contributed by atoms with Crippen LogP contribution in [0.25, 0.3) is 0 Å². The van der Waals surface area contributed by atoms with Crippen molar-refractivity contribution in [1.29, 1.82) is 0 Å². The van der Waals surface area contributed by atoms with E-state index >= 15 is 0 Å². The minimum atomic E-state index is -1.36. The van der Waals surface area contributed by atoms with Crippen molar-refractivity contribution in [2.45, 2.75) is 95.7 Å². The fourth-order valence-corrected chi connectivity index (χ4v) is 5.35. The molecule has 18 nitrogen and oxygen atoms in total. The highest BCUT2D eigenvalue weighted by Crippen LogP contribution is 2.15. The number of carbonyl (C=O) groups excluding carboxylic acids is 5. The maximum Gasteiger partial charge on any atom is 0.326 e. The van der Waals surface area contributed by atoms with E-state index in [0.717, 1.165) is 0 Å². The number of hydrogen-bond acceptors (Lipinski definition) is 11. The van der Waals surface area contributed by atoms with Gasteiger partial charge in [-0.3, -0.25) is 24.0 Å². The third-order valence-corrected chi connectivity index (χ3v) is 8.98. The first-order chi connectivity index (χ1) is 26.0. The van der Waals surface area contributed by atoms with E-state index in [4.69, 9.17) is 5.73 Å². The lowest BCUT2D eigenvalue weighted by molar-refractivity contribution is -0.142. The summed E-state index contributed by atoms with van der Waals surface area (Å²) in [5.74, 6) is -5.88. The van der Waals surface area contributed by atoms with Crippen molar-refractivity contribution in [2.75, 3.05) is 0 Å². The highest BCUT2D eigenvalue weighted by Gasteiger charge is 2.34. The summed E-state index contributed by atoms with van der Waals surface area (Å²) in [5, 5.41) is 51.9. The highest BCUT2D eigenvalue weighted by atomic mass is 16.4. The molecule has 12 N–H and O–H groups in total. The van der Waals surface area contributed by atoms with E-state index in [9.17, 15) is 49.2 Å². The van der Waals surface area contributed by atoms with E-state index in [1.165, 1.54) is 74.9 Å². The molecule has 3 rings (SSSR count). The molecular weight excluding hydrogens is 716 g/mol. The van der Waals surface area contributed by atoms with Crippen LogP contribution in [0.3, 0.4) is 0 Å². The number of phenolic OH excluding ortho intramolecular Hbond substituents is 2. The Morgan fingerprint density at radius 2 is 1.18 bits per heavy atom. The molecule has 0 aliphatic carbocycles. The van der Waals surface area contributed by atoms with Crippen LogP contribution in [0.15, 0.2) is 61.1 Å². The zero-order valence-electron chi connectivity index (χ0n) is 31.0. The number of aromatic amines is 1. The van der Waals surface area contributed by atoms with Crippen LogP contribution in [0.4, 0.5) is 0 Å². The van der Waals surface area contributed by atoms with Gasteiger partial charge in [-0.05, 0) is 55.2 Å². The largest absolute Gasteiger partial charge is 0.508 e. The van der Waals surface area contributed by atoms with Gasteiger partial charge in [0.2, 0.25) is 29.5 Å². The van der Waals surface area contributed by atoms with Crippen molar-refractivity contribution in [3.8, 4) is 11.5 Å². The third kappa shape index (κ3) is 13.4. The first-order valence-electron chi connectivity index (χ1n) is 17.7. The Morgan fingerprint density at radius 3 is 1.64 bits per heavy atom. The molecular formula is C37H50N8O10. The van der Waals surface area contributed by atoms with Gasteiger partial charge < -0.3 is 57.7 Å². The molecule has 0 unspecified atom stereocenters. The molecule has 298 valence electrons. The average Bonchev–Trinajstić information content (AvgIpc) is 3.66. The Balaban J connectivity index is 1.90. The number of nitrogens with one attached hydrogen (secondary N) is 6.